The predicted molar refractivity (Wildman–Crippen MR) is 78.6 cm³/mol. The maximum absolute atomic E-state index is 12.0. The second-order valence-corrected chi connectivity index (χ2v) is 6.46. The minimum Gasteiger partial charge on any atom is -0.458 e. The van der Waals surface area contributed by atoms with Crippen LogP contribution in [0.5, 0.6) is 6.01 Å². The van der Waals surface area contributed by atoms with Crippen molar-refractivity contribution in [1.82, 2.24) is 14.9 Å². The first-order valence-electron chi connectivity index (χ1n) is 6.89. The summed E-state index contributed by atoms with van der Waals surface area (Å²) in [4.78, 5) is 21.8. The van der Waals surface area contributed by atoms with E-state index in [0.29, 0.717) is 24.7 Å². The average molecular weight is 314 g/mol. The lowest BCUT2D eigenvalue weighted by molar-refractivity contribution is 0.0274. The van der Waals surface area contributed by atoms with Crippen molar-refractivity contribution in [3.8, 4) is 6.01 Å². The number of halogens is 1. The van der Waals surface area contributed by atoms with Crippen LogP contribution in [0.25, 0.3) is 0 Å². The van der Waals surface area contributed by atoms with Crippen LogP contribution in [-0.2, 0) is 4.74 Å². The molecule has 2 heterocycles. The van der Waals surface area contributed by atoms with Gasteiger partial charge in [-0.1, -0.05) is 11.6 Å². The molecule has 0 bridgehead atoms. The molecular weight excluding hydrogens is 294 g/mol. The first-order valence-corrected chi connectivity index (χ1v) is 7.26. The number of aryl methyl sites for hydroxylation is 1. The van der Waals surface area contributed by atoms with E-state index in [1.165, 1.54) is 0 Å². The standard InChI is InChI=1S/C14H20ClN3O3/c1-9-7-11(15)17-12(16-9)20-10-5-6-18(8-10)13(19)21-14(2,3)4/h7,10H,5-6,8H2,1-4H3/t10-/m1/s1. The van der Waals surface area contributed by atoms with Gasteiger partial charge in [-0.2, -0.15) is 4.98 Å². The smallest absolute Gasteiger partial charge is 0.410 e. The van der Waals surface area contributed by atoms with E-state index in [-0.39, 0.29) is 18.2 Å². The van der Waals surface area contributed by atoms with Gasteiger partial charge >= 0.3 is 12.1 Å². The summed E-state index contributed by atoms with van der Waals surface area (Å²) in [5.41, 5.74) is 0.246. The summed E-state index contributed by atoms with van der Waals surface area (Å²) in [7, 11) is 0. The van der Waals surface area contributed by atoms with Crippen LogP contribution in [0, 0.1) is 6.92 Å². The highest BCUT2D eigenvalue weighted by atomic mass is 35.5. The number of nitrogens with zero attached hydrogens (tertiary/aromatic N) is 3. The van der Waals surface area contributed by atoms with E-state index < -0.39 is 5.60 Å². The zero-order valence-corrected chi connectivity index (χ0v) is 13.5. The van der Waals surface area contributed by atoms with Gasteiger partial charge in [0.05, 0.1) is 6.54 Å². The van der Waals surface area contributed by atoms with Crippen LogP contribution in [0.1, 0.15) is 32.9 Å². The van der Waals surface area contributed by atoms with E-state index in [1.54, 1.807) is 11.0 Å². The van der Waals surface area contributed by atoms with Gasteiger partial charge in [0, 0.05) is 18.7 Å². The number of likely N-dealkylation sites (tertiary alicyclic amines) is 1. The number of aromatic nitrogens is 2. The summed E-state index contributed by atoms with van der Waals surface area (Å²) < 4.78 is 11.0. The highest BCUT2D eigenvalue weighted by molar-refractivity contribution is 6.29. The first kappa shape index (κ1) is 15.8. The third kappa shape index (κ3) is 4.74. The number of rotatable bonds is 2. The van der Waals surface area contributed by atoms with Crippen molar-refractivity contribution < 1.29 is 14.3 Å². The van der Waals surface area contributed by atoms with Gasteiger partial charge in [0.1, 0.15) is 16.9 Å². The highest BCUT2D eigenvalue weighted by Gasteiger charge is 2.31. The molecule has 1 saturated heterocycles. The summed E-state index contributed by atoms with van der Waals surface area (Å²) >= 11 is 5.87. The molecule has 2 rings (SSSR count). The molecule has 6 nitrogen and oxygen atoms in total. The van der Waals surface area contributed by atoms with E-state index >= 15 is 0 Å². The second kappa shape index (κ2) is 6.05. The summed E-state index contributed by atoms with van der Waals surface area (Å²) in [6.07, 6.45) is 0.251. The molecule has 1 amide bonds. The molecule has 1 fully saturated rings. The van der Waals surface area contributed by atoms with Gasteiger partial charge in [-0.05, 0) is 33.8 Å². The van der Waals surface area contributed by atoms with Crippen molar-refractivity contribution in [3.63, 3.8) is 0 Å². The molecule has 7 heteroatoms. The minimum absolute atomic E-state index is 0.143. The van der Waals surface area contributed by atoms with Crippen LogP contribution in [0.3, 0.4) is 0 Å². The number of hydrogen-bond acceptors (Lipinski definition) is 5. The van der Waals surface area contributed by atoms with Crippen molar-refractivity contribution in [2.75, 3.05) is 13.1 Å². The first-order chi connectivity index (χ1) is 9.73. The van der Waals surface area contributed by atoms with Gasteiger partial charge < -0.3 is 14.4 Å². The average Bonchev–Trinajstić information content (AvgIpc) is 2.73. The summed E-state index contributed by atoms with van der Waals surface area (Å²) in [5, 5.41) is 0.347. The van der Waals surface area contributed by atoms with Gasteiger partial charge in [0.25, 0.3) is 0 Å². The van der Waals surface area contributed by atoms with Crippen LogP contribution in [0.4, 0.5) is 4.79 Å². The monoisotopic (exact) mass is 313 g/mol. The largest absolute Gasteiger partial charge is 0.458 e. The second-order valence-electron chi connectivity index (χ2n) is 6.07. The van der Waals surface area contributed by atoms with Crippen LogP contribution in [0.2, 0.25) is 5.15 Å². The number of carbonyl (C=O) groups excluding carboxylic acids is 1. The molecule has 0 spiro atoms. The fourth-order valence-electron chi connectivity index (χ4n) is 2.02. The Hall–Kier alpha value is -1.56. The van der Waals surface area contributed by atoms with Crippen molar-refractivity contribution >= 4 is 17.7 Å². The topological polar surface area (TPSA) is 64.5 Å². The maximum atomic E-state index is 12.0. The van der Waals surface area contributed by atoms with Gasteiger partial charge in [0.2, 0.25) is 0 Å². The van der Waals surface area contributed by atoms with Crippen LogP contribution >= 0.6 is 11.6 Å². The van der Waals surface area contributed by atoms with E-state index in [1.807, 2.05) is 27.7 Å². The Morgan fingerprint density at radius 2 is 2.14 bits per heavy atom. The van der Waals surface area contributed by atoms with Gasteiger partial charge in [-0.3, -0.25) is 0 Å². The fraction of sp³-hybridized carbons (Fsp3) is 0.643. The molecule has 116 valence electrons. The Kier molecular flexibility index (Phi) is 4.56. The molecule has 1 aromatic rings. The Morgan fingerprint density at radius 1 is 1.43 bits per heavy atom. The number of carbonyl (C=O) groups is 1. The lowest BCUT2D eigenvalue weighted by Gasteiger charge is -2.24. The molecular formula is C14H20ClN3O3. The predicted octanol–water partition coefficient (Wildman–Crippen LogP) is 2.83. The summed E-state index contributed by atoms with van der Waals surface area (Å²) in [6, 6.07) is 1.91. The third-order valence-corrected chi connectivity index (χ3v) is 3.06. The zero-order valence-electron chi connectivity index (χ0n) is 12.7. The Morgan fingerprint density at radius 3 is 2.76 bits per heavy atom. The molecule has 0 unspecified atom stereocenters. The molecule has 0 saturated carbocycles. The van der Waals surface area contributed by atoms with Crippen LogP contribution in [0.15, 0.2) is 6.07 Å². The Labute approximate surface area is 129 Å². The van der Waals surface area contributed by atoms with E-state index in [0.717, 1.165) is 5.69 Å². The number of amides is 1. The van der Waals surface area contributed by atoms with Crippen molar-refractivity contribution in [1.29, 1.82) is 0 Å². The molecule has 0 aliphatic carbocycles. The van der Waals surface area contributed by atoms with Gasteiger partial charge in [-0.15, -0.1) is 0 Å². The summed E-state index contributed by atoms with van der Waals surface area (Å²) in [5.74, 6) is 0. The molecule has 0 radical (unpaired) electrons. The molecule has 21 heavy (non-hydrogen) atoms. The Balaban J connectivity index is 1.92. The van der Waals surface area contributed by atoms with Crippen molar-refractivity contribution in [2.45, 2.75) is 45.8 Å². The van der Waals surface area contributed by atoms with E-state index in [4.69, 9.17) is 21.1 Å². The SMILES string of the molecule is Cc1cc(Cl)nc(O[C@@H]2CCN(C(=O)OC(C)(C)C)C2)n1. The summed E-state index contributed by atoms with van der Waals surface area (Å²) in [6.45, 7) is 8.41. The number of ether oxygens (including phenoxy) is 2. The third-order valence-electron chi connectivity index (χ3n) is 2.87. The Bertz CT molecular complexity index is 510. The lowest BCUT2D eigenvalue weighted by atomic mass is 10.2. The fourth-order valence-corrected chi connectivity index (χ4v) is 2.25. The van der Waals surface area contributed by atoms with Crippen molar-refractivity contribution in [2.24, 2.45) is 0 Å². The molecule has 1 aromatic heterocycles. The van der Waals surface area contributed by atoms with Gasteiger partial charge in [-0.25, -0.2) is 9.78 Å². The van der Waals surface area contributed by atoms with Crippen molar-refractivity contribution in [3.05, 3.63) is 16.9 Å². The zero-order chi connectivity index (χ0) is 15.6. The molecule has 1 aliphatic rings. The van der Waals surface area contributed by atoms with E-state index in [9.17, 15) is 4.79 Å². The molecule has 0 aromatic carbocycles. The normalized spacial score (nSPS) is 18.7. The quantitative estimate of drug-likeness (QED) is 0.786. The van der Waals surface area contributed by atoms with Crippen LogP contribution < -0.4 is 4.74 Å². The minimum atomic E-state index is -0.497. The molecule has 0 N–H and O–H groups in total. The van der Waals surface area contributed by atoms with Gasteiger partial charge in [0.15, 0.2) is 0 Å². The molecule has 1 atom stereocenters. The lowest BCUT2D eigenvalue weighted by Crippen LogP contribution is -2.36. The maximum Gasteiger partial charge on any atom is 0.410 e. The van der Waals surface area contributed by atoms with Crippen LogP contribution in [-0.4, -0.2) is 45.8 Å². The van der Waals surface area contributed by atoms with E-state index in [2.05, 4.69) is 9.97 Å². The number of hydrogen-bond donors (Lipinski definition) is 0. The molecule has 1 aliphatic heterocycles. The highest BCUT2D eigenvalue weighted by Crippen LogP contribution is 2.19.